The highest BCUT2D eigenvalue weighted by Crippen LogP contribution is 2.22. The van der Waals surface area contributed by atoms with Crippen molar-refractivity contribution < 1.29 is 9.13 Å². The van der Waals surface area contributed by atoms with Crippen LogP contribution in [0.4, 0.5) is 4.39 Å². The van der Waals surface area contributed by atoms with Gasteiger partial charge >= 0.3 is 0 Å². The highest BCUT2D eigenvalue weighted by atomic mass is 19.1. The number of benzene rings is 2. The Morgan fingerprint density at radius 2 is 1.81 bits per heavy atom. The first-order valence-corrected chi connectivity index (χ1v) is 9.81. The van der Waals surface area contributed by atoms with Crippen LogP contribution in [-0.4, -0.2) is 37.8 Å². The number of rotatable bonds is 10. The van der Waals surface area contributed by atoms with Gasteiger partial charge in [0.15, 0.2) is 0 Å². The molecule has 144 valence electrons. The summed E-state index contributed by atoms with van der Waals surface area (Å²) in [6, 6.07) is 17.1. The monoisotopic (exact) mass is 368 g/mol. The van der Waals surface area contributed by atoms with Gasteiger partial charge in [-0.3, -0.25) is 10.2 Å². The quantitative estimate of drug-likeness (QED) is 0.495. The molecule has 0 bridgehead atoms. The van der Waals surface area contributed by atoms with Crippen molar-refractivity contribution in [2.45, 2.75) is 25.9 Å². The van der Waals surface area contributed by atoms with E-state index in [1.54, 1.807) is 12.1 Å². The molecule has 1 aliphatic heterocycles. The molecular formula is C23H29FN2O. The molecule has 1 heterocycles. The standard InChI is InChI=1S/C23H29FN2O/c24-23-10-8-21(9-11-23)22-12-16-26(17-13-22)15-5-4-14-25-19-27-18-20-6-2-1-3-7-20/h1-3,6-12,25H,4-5,13-19H2. The van der Waals surface area contributed by atoms with Gasteiger partial charge in [-0.15, -0.1) is 0 Å². The zero-order valence-electron chi connectivity index (χ0n) is 15.9. The van der Waals surface area contributed by atoms with Crippen molar-refractivity contribution in [2.75, 3.05) is 32.9 Å². The fourth-order valence-electron chi connectivity index (χ4n) is 3.31. The molecule has 0 saturated heterocycles. The maximum Gasteiger partial charge on any atom is 0.123 e. The summed E-state index contributed by atoms with van der Waals surface area (Å²) < 4.78 is 18.6. The van der Waals surface area contributed by atoms with Crippen molar-refractivity contribution in [3.8, 4) is 0 Å². The SMILES string of the molecule is Fc1ccc(C2=CCN(CCCCNCOCc3ccccc3)CC2)cc1. The van der Waals surface area contributed by atoms with Gasteiger partial charge < -0.3 is 4.74 Å². The third kappa shape index (κ3) is 6.90. The first-order valence-electron chi connectivity index (χ1n) is 9.81. The Balaban J connectivity index is 1.23. The van der Waals surface area contributed by atoms with Gasteiger partial charge in [0, 0.05) is 13.1 Å². The van der Waals surface area contributed by atoms with Gasteiger partial charge in [-0.25, -0.2) is 4.39 Å². The van der Waals surface area contributed by atoms with Gasteiger partial charge in [0.25, 0.3) is 0 Å². The molecule has 3 nitrogen and oxygen atoms in total. The predicted octanol–water partition coefficient (Wildman–Crippen LogP) is 4.46. The third-order valence-corrected chi connectivity index (χ3v) is 4.90. The van der Waals surface area contributed by atoms with Crippen LogP contribution in [0.5, 0.6) is 0 Å². The van der Waals surface area contributed by atoms with Crippen LogP contribution in [-0.2, 0) is 11.3 Å². The van der Waals surface area contributed by atoms with Crippen molar-refractivity contribution >= 4 is 5.57 Å². The van der Waals surface area contributed by atoms with E-state index in [1.807, 2.05) is 30.3 Å². The Labute approximate surface area is 161 Å². The van der Waals surface area contributed by atoms with Gasteiger partial charge in [0.05, 0.1) is 13.3 Å². The molecule has 0 fully saturated rings. The molecule has 4 heteroatoms. The molecule has 1 aliphatic rings. The minimum atomic E-state index is -0.170. The lowest BCUT2D eigenvalue weighted by molar-refractivity contribution is 0.103. The van der Waals surface area contributed by atoms with Gasteiger partial charge in [-0.2, -0.15) is 0 Å². The average Bonchev–Trinajstić information content (AvgIpc) is 2.72. The smallest absolute Gasteiger partial charge is 0.123 e. The fraction of sp³-hybridized carbons (Fsp3) is 0.391. The molecule has 1 N–H and O–H groups in total. The van der Waals surface area contributed by atoms with E-state index in [0.29, 0.717) is 13.3 Å². The van der Waals surface area contributed by atoms with Crippen LogP contribution in [0.1, 0.15) is 30.4 Å². The number of unbranched alkanes of at least 4 members (excludes halogenated alkanes) is 1. The van der Waals surface area contributed by atoms with E-state index in [4.69, 9.17) is 4.74 Å². The zero-order chi connectivity index (χ0) is 18.7. The molecule has 0 aliphatic carbocycles. The second kappa shape index (κ2) is 11.0. The molecule has 0 spiro atoms. The molecule has 27 heavy (non-hydrogen) atoms. The third-order valence-electron chi connectivity index (χ3n) is 4.90. The number of nitrogens with one attached hydrogen (secondary N) is 1. The van der Waals surface area contributed by atoms with Gasteiger partial charge in [-0.05, 0) is 61.2 Å². The van der Waals surface area contributed by atoms with E-state index < -0.39 is 0 Å². The molecule has 0 amide bonds. The van der Waals surface area contributed by atoms with Crippen molar-refractivity contribution in [2.24, 2.45) is 0 Å². The van der Waals surface area contributed by atoms with E-state index in [0.717, 1.165) is 44.6 Å². The molecular weight excluding hydrogens is 339 g/mol. The summed E-state index contributed by atoms with van der Waals surface area (Å²) in [6.07, 6.45) is 5.66. The van der Waals surface area contributed by atoms with Crippen LogP contribution >= 0.6 is 0 Å². The molecule has 2 aromatic carbocycles. The Bertz CT molecular complexity index is 700. The van der Waals surface area contributed by atoms with Gasteiger partial charge in [0.1, 0.15) is 5.82 Å². The van der Waals surface area contributed by atoms with Gasteiger partial charge in [0.2, 0.25) is 0 Å². The summed E-state index contributed by atoms with van der Waals surface area (Å²) >= 11 is 0. The van der Waals surface area contributed by atoms with Crippen LogP contribution in [0.3, 0.4) is 0 Å². The molecule has 0 aromatic heterocycles. The van der Waals surface area contributed by atoms with E-state index >= 15 is 0 Å². The number of hydrogen-bond acceptors (Lipinski definition) is 3. The van der Waals surface area contributed by atoms with Crippen LogP contribution < -0.4 is 5.32 Å². The summed E-state index contributed by atoms with van der Waals surface area (Å²) in [6.45, 7) is 5.43. The second-order valence-corrected chi connectivity index (χ2v) is 6.97. The second-order valence-electron chi connectivity index (χ2n) is 6.97. The van der Waals surface area contributed by atoms with Crippen LogP contribution in [0.2, 0.25) is 0 Å². The molecule has 2 aromatic rings. The molecule has 0 unspecified atom stereocenters. The van der Waals surface area contributed by atoms with Gasteiger partial charge in [-0.1, -0.05) is 48.5 Å². The normalized spacial score (nSPS) is 14.9. The highest BCUT2D eigenvalue weighted by Gasteiger charge is 2.12. The number of halogens is 1. The van der Waals surface area contributed by atoms with E-state index in [-0.39, 0.29) is 5.82 Å². The van der Waals surface area contributed by atoms with Crippen molar-refractivity contribution in [3.05, 3.63) is 77.6 Å². The summed E-state index contributed by atoms with van der Waals surface area (Å²) in [5.41, 5.74) is 3.69. The van der Waals surface area contributed by atoms with Crippen LogP contribution in [0.15, 0.2) is 60.7 Å². The van der Waals surface area contributed by atoms with E-state index in [2.05, 4.69) is 28.4 Å². The first-order chi connectivity index (χ1) is 13.3. The lowest BCUT2D eigenvalue weighted by Crippen LogP contribution is -2.30. The summed E-state index contributed by atoms with van der Waals surface area (Å²) in [5.74, 6) is -0.170. The summed E-state index contributed by atoms with van der Waals surface area (Å²) in [4.78, 5) is 2.49. The lowest BCUT2D eigenvalue weighted by atomic mass is 9.99. The number of ether oxygens (including phenoxy) is 1. The lowest BCUT2D eigenvalue weighted by Gasteiger charge is -2.26. The van der Waals surface area contributed by atoms with Crippen molar-refractivity contribution in [1.29, 1.82) is 0 Å². The minimum Gasteiger partial charge on any atom is -0.362 e. The van der Waals surface area contributed by atoms with Crippen molar-refractivity contribution in [1.82, 2.24) is 10.2 Å². The maximum absolute atomic E-state index is 13.0. The Kier molecular flexibility index (Phi) is 8.03. The minimum absolute atomic E-state index is 0.170. The maximum atomic E-state index is 13.0. The highest BCUT2D eigenvalue weighted by molar-refractivity contribution is 5.66. The summed E-state index contributed by atoms with van der Waals surface area (Å²) in [5, 5.41) is 3.34. The zero-order valence-corrected chi connectivity index (χ0v) is 15.9. The molecule has 0 radical (unpaired) electrons. The summed E-state index contributed by atoms with van der Waals surface area (Å²) in [7, 11) is 0. The van der Waals surface area contributed by atoms with Crippen LogP contribution in [0.25, 0.3) is 5.57 Å². The Hall–Kier alpha value is -2.01. The van der Waals surface area contributed by atoms with Crippen LogP contribution in [0, 0.1) is 5.82 Å². The number of hydrogen-bond donors (Lipinski definition) is 1. The first kappa shape index (κ1) is 19.7. The topological polar surface area (TPSA) is 24.5 Å². The predicted molar refractivity (Wildman–Crippen MR) is 109 cm³/mol. The van der Waals surface area contributed by atoms with E-state index in [9.17, 15) is 4.39 Å². The number of nitrogens with zero attached hydrogens (tertiary/aromatic N) is 1. The molecule has 3 rings (SSSR count). The average molecular weight is 368 g/mol. The van der Waals surface area contributed by atoms with Crippen molar-refractivity contribution in [3.63, 3.8) is 0 Å². The molecule has 0 saturated carbocycles. The Morgan fingerprint density at radius 3 is 2.56 bits per heavy atom. The Morgan fingerprint density at radius 1 is 1.00 bits per heavy atom. The largest absolute Gasteiger partial charge is 0.362 e. The molecule has 0 atom stereocenters. The van der Waals surface area contributed by atoms with E-state index in [1.165, 1.54) is 17.6 Å². The fourth-order valence-corrected chi connectivity index (χ4v) is 3.31.